The number of hydrogen-bond acceptors (Lipinski definition) is 3. The van der Waals surface area contributed by atoms with Crippen molar-refractivity contribution in [3.8, 4) is 0 Å². The summed E-state index contributed by atoms with van der Waals surface area (Å²) in [6, 6.07) is 21.6. The lowest BCUT2D eigenvalue weighted by atomic mass is 10.1. The molecule has 0 aliphatic carbocycles. The molecule has 0 bridgehead atoms. The number of nitrogens with zero attached hydrogens (tertiary/aromatic N) is 1. The Morgan fingerprint density at radius 2 is 1.71 bits per heavy atom. The number of aryl methyl sites for hydroxylation is 1. The van der Waals surface area contributed by atoms with Crippen LogP contribution in [0.15, 0.2) is 82.4 Å². The van der Waals surface area contributed by atoms with Crippen LogP contribution < -0.4 is 16.0 Å². The SMILES string of the molecule is CN=C(NCCCc1ccccc1)NCc1cccc(C(=O)NCc2ccco2)c1.I. The van der Waals surface area contributed by atoms with Crippen molar-refractivity contribution >= 4 is 35.8 Å². The fourth-order valence-electron chi connectivity index (χ4n) is 3.06. The minimum Gasteiger partial charge on any atom is -0.467 e. The Kier molecular flexibility index (Phi) is 10.6. The van der Waals surface area contributed by atoms with Gasteiger partial charge >= 0.3 is 0 Å². The van der Waals surface area contributed by atoms with Gasteiger partial charge in [-0.25, -0.2) is 0 Å². The average Bonchev–Trinajstić information content (AvgIpc) is 3.31. The van der Waals surface area contributed by atoms with E-state index in [-0.39, 0.29) is 29.9 Å². The summed E-state index contributed by atoms with van der Waals surface area (Å²) in [6.07, 6.45) is 3.65. The van der Waals surface area contributed by atoms with Gasteiger partial charge in [-0.05, 0) is 48.2 Å². The van der Waals surface area contributed by atoms with E-state index >= 15 is 0 Å². The first-order valence-corrected chi connectivity index (χ1v) is 10.1. The molecule has 0 atom stereocenters. The maximum absolute atomic E-state index is 12.4. The molecule has 0 radical (unpaired) electrons. The van der Waals surface area contributed by atoms with Crippen molar-refractivity contribution in [2.75, 3.05) is 13.6 Å². The van der Waals surface area contributed by atoms with Crippen molar-refractivity contribution < 1.29 is 9.21 Å². The van der Waals surface area contributed by atoms with Crippen molar-refractivity contribution in [2.45, 2.75) is 25.9 Å². The molecule has 31 heavy (non-hydrogen) atoms. The van der Waals surface area contributed by atoms with Gasteiger partial charge in [-0.1, -0.05) is 42.5 Å². The molecule has 6 nitrogen and oxygen atoms in total. The smallest absolute Gasteiger partial charge is 0.251 e. The van der Waals surface area contributed by atoms with Crippen LogP contribution in [-0.2, 0) is 19.5 Å². The number of rotatable bonds is 9. The molecule has 0 unspecified atom stereocenters. The van der Waals surface area contributed by atoms with Crippen LogP contribution in [0.5, 0.6) is 0 Å². The Morgan fingerprint density at radius 1 is 0.903 bits per heavy atom. The van der Waals surface area contributed by atoms with Gasteiger partial charge < -0.3 is 20.4 Å². The minimum absolute atomic E-state index is 0. The van der Waals surface area contributed by atoms with E-state index < -0.39 is 0 Å². The zero-order chi connectivity index (χ0) is 21.0. The first kappa shape index (κ1) is 24.5. The molecule has 1 heterocycles. The summed E-state index contributed by atoms with van der Waals surface area (Å²) in [4.78, 5) is 16.6. The second-order valence-electron chi connectivity index (χ2n) is 6.90. The molecule has 0 aliphatic heterocycles. The maximum Gasteiger partial charge on any atom is 0.251 e. The molecule has 3 rings (SSSR count). The van der Waals surface area contributed by atoms with Crippen molar-refractivity contribution in [1.82, 2.24) is 16.0 Å². The summed E-state index contributed by atoms with van der Waals surface area (Å²) in [5.74, 6) is 1.34. The van der Waals surface area contributed by atoms with E-state index in [0.717, 1.165) is 36.7 Å². The van der Waals surface area contributed by atoms with Crippen LogP contribution in [0.25, 0.3) is 0 Å². The highest BCUT2D eigenvalue weighted by Gasteiger charge is 2.07. The Morgan fingerprint density at radius 3 is 2.45 bits per heavy atom. The van der Waals surface area contributed by atoms with Crippen LogP contribution >= 0.6 is 24.0 Å². The molecule has 1 aromatic heterocycles. The number of aliphatic imine (C=N–C) groups is 1. The Labute approximate surface area is 200 Å². The number of carbonyl (C=O) groups is 1. The number of furan rings is 1. The van der Waals surface area contributed by atoms with Crippen molar-refractivity contribution in [1.29, 1.82) is 0 Å². The summed E-state index contributed by atoms with van der Waals surface area (Å²) in [5, 5.41) is 9.49. The lowest BCUT2D eigenvalue weighted by molar-refractivity contribution is 0.0948. The molecule has 0 spiro atoms. The molecule has 0 fully saturated rings. The first-order chi connectivity index (χ1) is 14.7. The molecular weight excluding hydrogens is 503 g/mol. The molecule has 3 N–H and O–H groups in total. The maximum atomic E-state index is 12.4. The number of benzene rings is 2. The van der Waals surface area contributed by atoms with E-state index in [1.165, 1.54) is 5.56 Å². The highest BCUT2D eigenvalue weighted by atomic mass is 127. The Balaban J connectivity index is 0.00000341. The number of guanidine groups is 1. The lowest BCUT2D eigenvalue weighted by Gasteiger charge is -2.12. The molecule has 2 aromatic carbocycles. The zero-order valence-corrected chi connectivity index (χ0v) is 20.0. The van der Waals surface area contributed by atoms with Crippen LogP contribution in [0.2, 0.25) is 0 Å². The largest absolute Gasteiger partial charge is 0.467 e. The standard InChI is InChI=1S/C24H28N4O2.HI/c1-25-24(26-14-6-11-19-8-3-2-4-9-19)28-17-20-10-5-12-21(16-20)23(29)27-18-22-13-7-15-30-22;/h2-5,7-10,12-13,15-16H,6,11,14,17-18H2,1H3,(H,27,29)(H2,25,26,28);1H. The van der Waals surface area contributed by atoms with Crippen molar-refractivity contribution in [3.63, 3.8) is 0 Å². The highest BCUT2D eigenvalue weighted by molar-refractivity contribution is 14.0. The van der Waals surface area contributed by atoms with Gasteiger partial charge in [0.25, 0.3) is 5.91 Å². The van der Waals surface area contributed by atoms with Gasteiger partial charge in [0.15, 0.2) is 5.96 Å². The average molecular weight is 532 g/mol. The van der Waals surface area contributed by atoms with Gasteiger partial charge in [0.1, 0.15) is 5.76 Å². The van der Waals surface area contributed by atoms with Crippen LogP contribution in [0.3, 0.4) is 0 Å². The monoisotopic (exact) mass is 532 g/mol. The molecule has 0 aliphatic rings. The summed E-state index contributed by atoms with van der Waals surface area (Å²) in [5.41, 5.74) is 2.96. The number of hydrogen-bond donors (Lipinski definition) is 3. The third-order valence-electron chi connectivity index (χ3n) is 4.65. The third kappa shape index (κ3) is 8.45. The predicted molar refractivity (Wildman–Crippen MR) is 135 cm³/mol. The first-order valence-electron chi connectivity index (χ1n) is 10.1. The van der Waals surface area contributed by atoms with Gasteiger partial charge in [-0.3, -0.25) is 9.79 Å². The van der Waals surface area contributed by atoms with E-state index in [0.29, 0.717) is 18.7 Å². The molecule has 1 amide bonds. The summed E-state index contributed by atoms with van der Waals surface area (Å²) in [7, 11) is 1.75. The van der Waals surface area contributed by atoms with Crippen LogP contribution in [0.1, 0.15) is 33.7 Å². The molecular formula is C24H29IN4O2. The lowest BCUT2D eigenvalue weighted by Crippen LogP contribution is -2.37. The van der Waals surface area contributed by atoms with Crippen LogP contribution in [0.4, 0.5) is 0 Å². The quantitative estimate of drug-likeness (QED) is 0.168. The second-order valence-corrected chi connectivity index (χ2v) is 6.90. The highest BCUT2D eigenvalue weighted by Crippen LogP contribution is 2.07. The molecule has 0 saturated carbocycles. The van der Waals surface area contributed by atoms with Crippen molar-refractivity contribution in [3.05, 3.63) is 95.4 Å². The topological polar surface area (TPSA) is 78.7 Å². The number of amides is 1. The Bertz CT molecular complexity index is 943. The van der Waals surface area contributed by atoms with Crippen LogP contribution in [-0.4, -0.2) is 25.5 Å². The van der Waals surface area contributed by atoms with Gasteiger partial charge in [0, 0.05) is 25.7 Å². The molecule has 7 heteroatoms. The fourth-order valence-corrected chi connectivity index (χ4v) is 3.06. The molecule has 0 saturated heterocycles. The summed E-state index contributed by atoms with van der Waals surface area (Å²) >= 11 is 0. The minimum atomic E-state index is -0.128. The van der Waals surface area contributed by atoms with Gasteiger partial charge in [0.05, 0.1) is 12.8 Å². The normalized spacial score (nSPS) is 10.8. The van der Waals surface area contributed by atoms with E-state index in [9.17, 15) is 4.79 Å². The summed E-state index contributed by atoms with van der Waals surface area (Å²) in [6.45, 7) is 1.79. The fraction of sp³-hybridized carbons (Fsp3) is 0.250. The Hall–Kier alpha value is -2.81. The zero-order valence-electron chi connectivity index (χ0n) is 17.6. The molecule has 3 aromatic rings. The third-order valence-corrected chi connectivity index (χ3v) is 4.65. The second kappa shape index (κ2) is 13.5. The van der Waals surface area contributed by atoms with Crippen molar-refractivity contribution in [2.24, 2.45) is 4.99 Å². The summed E-state index contributed by atoms with van der Waals surface area (Å²) < 4.78 is 5.24. The predicted octanol–water partition coefficient (Wildman–Crippen LogP) is 4.13. The van der Waals surface area contributed by atoms with E-state index in [1.807, 2.05) is 30.3 Å². The number of nitrogens with one attached hydrogen (secondary N) is 3. The number of carbonyl (C=O) groups excluding carboxylic acids is 1. The number of halogens is 1. The van der Waals surface area contributed by atoms with Gasteiger partial charge in [-0.15, -0.1) is 24.0 Å². The van der Waals surface area contributed by atoms with E-state index in [4.69, 9.17) is 4.42 Å². The van der Waals surface area contributed by atoms with Gasteiger partial charge in [-0.2, -0.15) is 0 Å². The van der Waals surface area contributed by atoms with E-state index in [1.54, 1.807) is 25.4 Å². The van der Waals surface area contributed by atoms with E-state index in [2.05, 4.69) is 45.2 Å². The van der Waals surface area contributed by atoms with Gasteiger partial charge in [0.2, 0.25) is 0 Å². The van der Waals surface area contributed by atoms with Crippen LogP contribution in [0, 0.1) is 0 Å². The molecule has 164 valence electrons.